The van der Waals surface area contributed by atoms with Gasteiger partial charge in [0, 0.05) is 23.5 Å². The van der Waals surface area contributed by atoms with Crippen molar-refractivity contribution in [1.29, 1.82) is 0 Å². The molecule has 0 spiro atoms. The van der Waals surface area contributed by atoms with Crippen LogP contribution in [0.15, 0.2) is 36.4 Å². The first-order valence-corrected chi connectivity index (χ1v) is 7.47. The second kappa shape index (κ2) is 5.58. The summed E-state index contributed by atoms with van der Waals surface area (Å²) in [4.78, 5) is 14.5. The zero-order chi connectivity index (χ0) is 15.0. The normalized spacial score (nSPS) is 13.9. The lowest BCUT2D eigenvalue weighted by Crippen LogP contribution is -2.35. The maximum absolute atomic E-state index is 12.7. The number of nitrogens with two attached hydrogens (primary N) is 1. The zero-order valence-corrected chi connectivity index (χ0v) is 12.8. The van der Waals surface area contributed by atoms with E-state index >= 15 is 0 Å². The van der Waals surface area contributed by atoms with Gasteiger partial charge < -0.3 is 10.6 Å². The molecule has 0 unspecified atom stereocenters. The van der Waals surface area contributed by atoms with Gasteiger partial charge in [-0.15, -0.1) is 0 Å². The van der Waals surface area contributed by atoms with Crippen molar-refractivity contribution in [2.24, 2.45) is 0 Å². The number of amides is 1. The fourth-order valence-electron chi connectivity index (χ4n) is 2.59. The Labute approximate surface area is 133 Å². The van der Waals surface area contributed by atoms with E-state index in [-0.39, 0.29) is 5.91 Å². The Balaban J connectivity index is 1.99. The number of halogens is 2. The number of benzene rings is 2. The number of rotatable bonds is 1. The summed E-state index contributed by atoms with van der Waals surface area (Å²) in [6, 6.07) is 10.6. The lowest BCUT2D eigenvalue weighted by atomic mass is 10.00. The first-order chi connectivity index (χ1) is 10.1. The zero-order valence-electron chi connectivity index (χ0n) is 11.3. The first-order valence-electron chi connectivity index (χ1n) is 6.71. The summed E-state index contributed by atoms with van der Waals surface area (Å²) >= 11 is 11.9. The number of fused-ring (bicyclic) bond motifs is 1. The topological polar surface area (TPSA) is 46.3 Å². The maximum atomic E-state index is 12.7. The van der Waals surface area contributed by atoms with Gasteiger partial charge in [0.05, 0.1) is 10.0 Å². The summed E-state index contributed by atoms with van der Waals surface area (Å²) in [6.07, 6.45) is 1.89. The van der Waals surface area contributed by atoms with Gasteiger partial charge in [0.1, 0.15) is 0 Å². The Morgan fingerprint density at radius 1 is 1.10 bits per heavy atom. The fourth-order valence-corrected chi connectivity index (χ4v) is 2.89. The Kier molecular flexibility index (Phi) is 3.79. The van der Waals surface area contributed by atoms with Crippen molar-refractivity contribution in [1.82, 2.24) is 0 Å². The molecule has 1 amide bonds. The number of carbonyl (C=O) groups is 1. The molecule has 21 heavy (non-hydrogen) atoms. The molecule has 0 saturated carbocycles. The Bertz CT molecular complexity index is 715. The number of nitrogen functional groups attached to an aromatic ring is 1. The molecule has 0 atom stereocenters. The van der Waals surface area contributed by atoms with Crippen LogP contribution >= 0.6 is 23.2 Å². The molecular formula is C16H14Cl2N2O. The molecular weight excluding hydrogens is 307 g/mol. The van der Waals surface area contributed by atoms with E-state index in [0.29, 0.717) is 27.8 Å². The van der Waals surface area contributed by atoms with Gasteiger partial charge >= 0.3 is 0 Å². The Morgan fingerprint density at radius 2 is 1.90 bits per heavy atom. The smallest absolute Gasteiger partial charge is 0.258 e. The van der Waals surface area contributed by atoms with E-state index in [1.807, 2.05) is 18.2 Å². The van der Waals surface area contributed by atoms with Crippen molar-refractivity contribution in [3.05, 3.63) is 57.6 Å². The summed E-state index contributed by atoms with van der Waals surface area (Å²) in [5.74, 6) is -0.0832. The molecule has 2 aromatic rings. The van der Waals surface area contributed by atoms with Crippen LogP contribution in [0.4, 0.5) is 11.4 Å². The molecule has 3 nitrogen and oxygen atoms in total. The quantitative estimate of drug-likeness (QED) is 0.801. The first kappa shape index (κ1) is 14.2. The van der Waals surface area contributed by atoms with Gasteiger partial charge in [-0.2, -0.15) is 0 Å². The van der Waals surface area contributed by atoms with Gasteiger partial charge in [-0.05, 0) is 48.7 Å². The van der Waals surface area contributed by atoms with Crippen LogP contribution in [0, 0.1) is 0 Å². The third kappa shape index (κ3) is 2.71. The lowest BCUT2D eigenvalue weighted by molar-refractivity contribution is 0.0985. The van der Waals surface area contributed by atoms with Crippen LogP contribution < -0.4 is 10.6 Å². The third-order valence-corrected chi connectivity index (χ3v) is 4.38. The number of hydrogen-bond acceptors (Lipinski definition) is 2. The van der Waals surface area contributed by atoms with Crippen LogP contribution in [-0.4, -0.2) is 12.5 Å². The molecule has 5 heteroatoms. The van der Waals surface area contributed by atoms with Gasteiger partial charge in [0.15, 0.2) is 0 Å². The molecule has 0 aliphatic carbocycles. The van der Waals surface area contributed by atoms with Crippen molar-refractivity contribution in [2.45, 2.75) is 12.8 Å². The van der Waals surface area contributed by atoms with Gasteiger partial charge in [0.25, 0.3) is 5.91 Å². The molecule has 0 radical (unpaired) electrons. The molecule has 0 fully saturated rings. The van der Waals surface area contributed by atoms with Crippen LogP contribution in [-0.2, 0) is 6.42 Å². The number of anilines is 2. The molecule has 0 saturated heterocycles. The SMILES string of the molecule is Nc1ccc2c(c1)N(C(=O)c1ccc(Cl)c(Cl)c1)CCC2. The van der Waals surface area contributed by atoms with Crippen LogP contribution in [0.3, 0.4) is 0 Å². The van der Waals surface area contributed by atoms with Crippen LogP contribution in [0.1, 0.15) is 22.3 Å². The van der Waals surface area contributed by atoms with Crippen molar-refractivity contribution < 1.29 is 4.79 Å². The van der Waals surface area contributed by atoms with Crippen molar-refractivity contribution >= 4 is 40.5 Å². The van der Waals surface area contributed by atoms with Crippen LogP contribution in [0.5, 0.6) is 0 Å². The van der Waals surface area contributed by atoms with Gasteiger partial charge in [-0.3, -0.25) is 4.79 Å². The molecule has 3 rings (SSSR count). The molecule has 1 heterocycles. The number of aryl methyl sites for hydroxylation is 1. The van der Waals surface area contributed by atoms with E-state index in [1.54, 1.807) is 23.1 Å². The minimum atomic E-state index is -0.0832. The predicted molar refractivity (Wildman–Crippen MR) is 87.3 cm³/mol. The van der Waals surface area contributed by atoms with Crippen LogP contribution in [0.2, 0.25) is 10.0 Å². The second-order valence-electron chi connectivity index (χ2n) is 5.08. The average Bonchev–Trinajstić information content (AvgIpc) is 2.48. The molecule has 0 bridgehead atoms. The van der Waals surface area contributed by atoms with Gasteiger partial charge in [-0.1, -0.05) is 29.3 Å². The summed E-state index contributed by atoms with van der Waals surface area (Å²) in [5.41, 5.74) is 9.06. The van der Waals surface area contributed by atoms with E-state index in [0.717, 1.165) is 24.1 Å². The largest absolute Gasteiger partial charge is 0.399 e. The maximum Gasteiger partial charge on any atom is 0.258 e. The van der Waals surface area contributed by atoms with Crippen molar-refractivity contribution in [3.8, 4) is 0 Å². The standard InChI is InChI=1S/C16H14Cl2N2O/c17-13-6-4-11(8-14(13)18)16(21)20-7-1-2-10-3-5-12(19)9-15(10)20/h3-6,8-9H,1-2,7,19H2. The molecule has 1 aliphatic heterocycles. The molecule has 108 valence electrons. The van der Waals surface area contributed by atoms with E-state index < -0.39 is 0 Å². The predicted octanol–water partition coefficient (Wildman–Crippen LogP) is 4.17. The highest BCUT2D eigenvalue weighted by Crippen LogP contribution is 2.31. The molecule has 0 aromatic heterocycles. The van der Waals surface area contributed by atoms with Gasteiger partial charge in [0.2, 0.25) is 0 Å². The molecule has 1 aliphatic rings. The summed E-state index contributed by atoms with van der Waals surface area (Å²) in [5, 5.41) is 0.823. The fraction of sp³-hybridized carbons (Fsp3) is 0.188. The highest BCUT2D eigenvalue weighted by molar-refractivity contribution is 6.42. The van der Waals surface area contributed by atoms with Crippen LogP contribution in [0.25, 0.3) is 0 Å². The summed E-state index contributed by atoms with van der Waals surface area (Å²) < 4.78 is 0. The minimum absolute atomic E-state index is 0.0832. The monoisotopic (exact) mass is 320 g/mol. The molecule has 2 aromatic carbocycles. The van der Waals surface area contributed by atoms with E-state index in [1.165, 1.54) is 0 Å². The van der Waals surface area contributed by atoms with E-state index in [9.17, 15) is 4.79 Å². The lowest BCUT2D eigenvalue weighted by Gasteiger charge is -2.30. The minimum Gasteiger partial charge on any atom is -0.399 e. The molecule has 2 N–H and O–H groups in total. The third-order valence-electron chi connectivity index (χ3n) is 3.64. The van der Waals surface area contributed by atoms with Crippen molar-refractivity contribution in [3.63, 3.8) is 0 Å². The van der Waals surface area contributed by atoms with Gasteiger partial charge in [-0.25, -0.2) is 0 Å². The van der Waals surface area contributed by atoms with E-state index in [4.69, 9.17) is 28.9 Å². The summed E-state index contributed by atoms with van der Waals surface area (Å²) in [7, 11) is 0. The second-order valence-corrected chi connectivity index (χ2v) is 5.89. The Hall–Kier alpha value is -1.71. The number of hydrogen-bond donors (Lipinski definition) is 1. The van der Waals surface area contributed by atoms with Crippen molar-refractivity contribution in [2.75, 3.05) is 17.2 Å². The number of carbonyl (C=O) groups excluding carboxylic acids is 1. The highest BCUT2D eigenvalue weighted by Gasteiger charge is 2.24. The number of nitrogens with zero attached hydrogens (tertiary/aromatic N) is 1. The highest BCUT2D eigenvalue weighted by atomic mass is 35.5. The summed E-state index contributed by atoms with van der Waals surface area (Å²) in [6.45, 7) is 0.676. The average molecular weight is 321 g/mol. The Morgan fingerprint density at radius 3 is 2.67 bits per heavy atom. The van der Waals surface area contributed by atoms with E-state index in [2.05, 4.69) is 0 Å².